The molecule has 2 aromatic rings. The second kappa shape index (κ2) is 6.58. The van der Waals surface area contributed by atoms with Gasteiger partial charge in [0.05, 0.1) is 6.61 Å². The maximum atomic E-state index is 11.3. The van der Waals surface area contributed by atoms with E-state index in [9.17, 15) is 4.79 Å². The lowest BCUT2D eigenvalue weighted by Crippen LogP contribution is -2.06. The number of ether oxygens (including phenoxy) is 2. The first-order valence-electron chi connectivity index (χ1n) is 6.06. The first-order chi connectivity index (χ1) is 9.28. The first kappa shape index (κ1) is 13.1. The second-order valence-electron chi connectivity index (χ2n) is 3.89. The van der Waals surface area contributed by atoms with Crippen LogP contribution in [0.1, 0.15) is 18.2 Å². The van der Waals surface area contributed by atoms with E-state index in [0.29, 0.717) is 24.9 Å². The molecule has 0 bridgehead atoms. The van der Waals surface area contributed by atoms with E-state index >= 15 is 0 Å². The maximum absolute atomic E-state index is 11.3. The fourth-order valence-corrected chi connectivity index (χ4v) is 1.53. The lowest BCUT2D eigenvalue weighted by molar-refractivity contribution is -0.142. The zero-order chi connectivity index (χ0) is 13.5. The summed E-state index contributed by atoms with van der Waals surface area (Å²) < 4.78 is 15.3. The zero-order valence-electron chi connectivity index (χ0n) is 10.7. The minimum atomic E-state index is -0.340. The van der Waals surface area contributed by atoms with Crippen molar-refractivity contribution in [1.82, 2.24) is 5.16 Å². The molecule has 1 aromatic carbocycles. The van der Waals surface area contributed by atoms with Crippen molar-refractivity contribution in [2.24, 2.45) is 0 Å². The smallest absolute Gasteiger partial charge is 0.313 e. The highest BCUT2D eigenvalue weighted by atomic mass is 16.5. The number of aromatic nitrogens is 1. The third-order valence-electron chi connectivity index (χ3n) is 2.39. The van der Waals surface area contributed by atoms with Gasteiger partial charge in [-0.05, 0) is 17.6 Å². The molecule has 5 nitrogen and oxygen atoms in total. The molecule has 1 heterocycles. The van der Waals surface area contributed by atoms with Crippen LogP contribution in [0.15, 0.2) is 40.9 Å². The van der Waals surface area contributed by atoms with Crippen LogP contribution < -0.4 is 4.74 Å². The lowest BCUT2D eigenvalue weighted by atomic mass is 10.2. The highest BCUT2D eigenvalue weighted by Crippen LogP contribution is 2.14. The largest absolute Gasteiger partial charge is 0.471 e. The van der Waals surface area contributed by atoms with Gasteiger partial charge in [-0.25, -0.2) is 0 Å². The lowest BCUT2D eigenvalue weighted by Gasteiger charge is -2.00. The summed E-state index contributed by atoms with van der Waals surface area (Å²) in [5, 5.41) is 3.74. The number of carbonyl (C=O) groups excluding carboxylic acids is 1. The number of benzene rings is 1. The molecular weight excluding hydrogens is 246 g/mol. The van der Waals surface area contributed by atoms with E-state index in [-0.39, 0.29) is 12.4 Å². The van der Waals surface area contributed by atoms with E-state index in [0.717, 1.165) is 5.56 Å². The van der Waals surface area contributed by atoms with Crippen LogP contribution >= 0.6 is 0 Å². The highest BCUT2D eigenvalue weighted by Gasteiger charge is 2.10. The van der Waals surface area contributed by atoms with E-state index in [1.165, 1.54) is 0 Å². The molecule has 1 aromatic heterocycles. The Morgan fingerprint density at radius 2 is 2.11 bits per heavy atom. The van der Waals surface area contributed by atoms with Gasteiger partial charge in [-0.1, -0.05) is 30.3 Å². The van der Waals surface area contributed by atoms with Crippen molar-refractivity contribution in [2.45, 2.75) is 20.0 Å². The van der Waals surface area contributed by atoms with Gasteiger partial charge in [-0.15, -0.1) is 0 Å². The average molecular weight is 261 g/mol. The molecule has 0 radical (unpaired) electrons. The highest BCUT2D eigenvalue weighted by molar-refractivity contribution is 5.71. The Labute approximate surface area is 111 Å². The molecule has 0 saturated carbocycles. The second-order valence-corrected chi connectivity index (χ2v) is 3.89. The molecule has 5 heteroatoms. The van der Waals surface area contributed by atoms with Crippen molar-refractivity contribution in [3.8, 4) is 5.88 Å². The molecule has 100 valence electrons. The predicted molar refractivity (Wildman–Crippen MR) is 67.6 cm³/mol. The van der Waals surface area contributed by atoms with Gasteiger partial charge in [-0.3, -0.25) is 4.79 Å². The molecular formula is C14H15NO4. The van der Waals surface area contributed by atoms with E-state index in [2.05, 4.69) is 5.16 Å². The standard InChI is InChI=1S/C14H15NO4/c1-2-17-14(16)9-12-8-13(15-19-12)18-10-11-6-4-3-5-7-11/h3-8H,2,9-10H2,1H3. The van der Waals surface area contributed by atoms with Crippen LogP contribution in [0, 0.1) is 0 Å². The summed E-state index contributed by atoms with van der Waals surface area (Å²) in [7, 11) is 0. The molecule has 0 fully saturated rings. The van der Waals surface area contributed by atoms with Crippen LogP contribution in [0.5, 0.6) is 5.88 Å². The third kappa shape index (κ3) is 4.13. The van der Waals surface area contributed by atoms with Gasteiger partial charge >= 0.3 is 5.97 Å². The number of carbonyl (C=O) groups is 1. The Balaban J connectivity index is 1.85. The molecule has 19 heavy (non-hydrogen) atoms. The van der Waals surface area contributed by atoms with Crippen molar-refractivity contribution in [3.63, 3.8) is 0 Å². The van der Waals surface area contributed by atoms with Gasteiger partial charge in [0.15, 0.2) is 5.76 Å². The van der Waals surface area contributed by atoms with Crippen molar-refractivity contribution in [3.05, 3.63) is 47.7 Å². The SMILES string of the molecule is CCOC(=O)Cc1cc(OCc2ccccc2)no1. The molecule has 0 aliphatic carbocycles. The van der Waals surface area contributed by atoms with Crippen LogP contribution in [-0.2, 0) is 22.6 Å². The predicted octanol–water partition coefficient (Wildman–Crippen LogP) is 2.36. The quantitative estimate of drug-likeness (QED) is 0.747. The van der Waals surface area contributed by atoms with E-state index in [1.807, 2.05) is 30.3 Å². The van der Waals surface area contributed by atoms with Crippen molar-refractivity contribution < 1.29 is 18.8 Å². The maximum Gasteiger partial charge on any atom is 0.313 e. The Kier molecular flexibility index (Phi) is 4.55. The number of rotatable bonds is 6. The minimum absolute atomic E-state index is 0.0650. The minimum Gasteiger partial charge on any atom is -0.471 e. The van der Waals surface area contributed by atoms with Gasteiger partial charge < -0.3 is 14.0 Å². The molecule has 0 unspecified atom stereocenters. The number of esters is 1. The Bertz CT molecular complexity index is 521. The van der Waals surface area contributed by atoms with E-state index in [4.69, 9.17) is 14.0 Å². The summed E-state index contributed by atoms with van der Waals surface area (Å²) in [6.45, 7) is 2.52. The summed E-state index contributed by atoms with van der Waals surface area (Å²) >= 11 is 0. The van der Waals surface area contributed by atoms with Crippen molar-refractivity contribution >= 4 is 5.97 Å². The zero-order valence-corrected chi connectivity index (χ0v) is 10.7. The summed E-state index contributed by atoms with van der Waals surface area (Å²) in [4.78, 5) is 11.3. The van der Waals surface area contributed by atoms with Gasteiger partial charge in [0.25, 0.3) is 5.88 Å². The molecule has 0 N–H and O–H groups in total. The molecule has 0 aliphatic heterocycles. The van der Waals surface area contributed by atoms with E-state index in [1.54, 1.807) is 13.0 Å². The van der Waals surface area contributed by atoms with Crippen LogP contribution in [0.2, 0.25) is 0 Å². The fraction of sp³-hybridized carbons (Fsp3) is 0.286. The summed E-state index contributed by atoms with van der Waals surface area (Å²) in [5.74, 6) is 0.456. The first-order valence-corrected chi connectivity index (χ1v) is 6.06. The van der Waals surface area contributed by atoms with Crippen LogP contribution in [0.25, 0.3) is 0 Å². The van der Waals surface area contributed by atoms with Crippen molar-refractivity contribution in [1.29, 1.82) is 0 Å². The molecule has 0 saturated heterocycles. The van der Waals surface area contributed by atoms with Crippen LogP contribution in [0.4, 0.5) is 0 Å². The van der Waals surface area contributed by atoms with E-state index < -0.39 is 0 Å². The normalized spacial score (nSPS) is 10.2. The van der Waals surface area contributed by atoms with Crippen LogP contribution in [0.3, 0.4) is 0 Å². The topological polar surface area (TPSA) is 61.6 Å². The fourth-order valence-electron chi connectivity index (χ4n) is 1.53. The number of hydrogen-bond donors (Lipinski definition) is 0. The molecule has 0 amide bonds. The van der Waals surface area contributed by atoms with Crippen LogP contribution in [-0.4, -0.2) is 17.7 Å². The molecule has 2 rings (SSSR count). The molecule has 0 atom stereocenters. The Morgan fingerprint density at radius 3 is 2.84 bits per heavy atom. The van der Waals surface area contributed by atoms with Gasteiger partial charge in [-0.2, -0.15) is 0 Å². The third-order valence-corrected chi connectivity index (χ3v) is 2.39. The summed E-state index contributed by atoms with van der Waals surface area (Å²) in [6.07, 6.45) is 0.0650. The Morgan fingerprint density at radius 1 is 1.32 bits per heavy atom. The monoisotopic (exact) mass is 261 g/mol. The van der Waals surface area contributed by atoms with Crippen molar-refractivity contribution in [2.75, 3.05) is 6.61 Å². The van der Waals surface area contributed by atoms with Gasteiger partial charge in [0, 0.05) is 6.07 Å². The summed E-state index contributed by atoms with van der Waals surface area (Å²) in [5.41, 5.74) is 1.04. The average Bonchev–Trinajstić information content (AvgIpc) is 2.85. The van der Waals surface area contributed by atoms with Gasteiger partial charge in [0.2, 0.25) is 0 Å². The number of hydrogen-bond acceptors (Lipinski definition) is 5. The molecule has 0 aliphatic rings. The molecule has 0 spiro atoms. The van der Waals surface area contributed by atoms with Gasteiger partial charge in [0.1, 0.15) is 13.0 Å². The summed E-state index contributed by atoms with van der Waals surface area (Å²) in [6, 6.07) is 11.3. The number of nitrogens with zero attached hydrogens (tertiary/aromatic N) is 1. The Hall–Kier alpha value is -2.30.